The predicted octanol–water partition coefficient (Wildman–Crippen LogP) is 1.19. The van der Waals surface area contributed by atoms with Crippen molar-refractivity contribution in [3.05, 3.63) is 24.3 Å². The van der Waals surface area contributed by atoms with Crippen LogP contribution in [0, 0.1) is 0 Å². The van der Waals surface area contributed by atoms with Gasteiger partial charge in [-0.05, 0) is 30.7 Å². The third kappa shape index (κ3) is 2.55. The summed E-state index contributed by atoms with van der Waals surface area (Å²) in [4.78, 5) is 23.3. The van der Waals surface area contributed by atoms with E-state index in [4.69, 9.17) is 0 Å². The van der Waals surface area contributed by atoms with Gasteiger partial charge in [0.1, 0.15) is 6.04 Å². The number of amides is 2. The molecule has 1 aromatic carbocycles. The molecule has 0 saturated carbocycles. The Morgan fingerprint density at radius 1 is 1.25 bits per heavy atom. The number of hydrogen-bond donors (Lipinski definition) is 3. The summed E-state index contributed by atoms with van der Waals surface area (Å²) in [6.45, 7) is 0. The molecule has 1 aliphatic rings. The predicted molar refractivity (Wildman–Crippen MR) is 63.5 cm³/mol. The molecular weight excluding hydrogens is 224 g/mol. The van der Waals surface area contributed by atoms with Crippen molar-refractivity contribution in [3.63, 3.8) is 0 Å². The first-order valence-corrected chi connectivity index (χ1v) is 5.49. The Balaban J connectivity index is 2.02. The summed E-state index contributed by atoms with van der Waals surface area (Å²) >= 11 is 4.18. The Hall–Kier alpha value is -1.49. The molecule has 0 spiro atoms. The molecule has 2 amide bonds. The summed E-state index contributed by atoms with van der Waals surface area (Å²) in [6, 6.07) is 7.07. The lowest BCUT2D eigenvalue weighted by atomic mass is 10.1. The minimum Gasteiger partial charge on any atom is -0.374 e. The highest BCUT2D eigenvalue weighted by atomic mass is 32.1. The number of nitrogens with one attached hydrogen (secondary N) is 2. The third-order valence-corrected chi connectivity index (χ3v) is 2.75. The maximum atomic E-state index is 11.5. The molecular formula is C11H12N2O2S. The summed E-state index contributed by atoms with van der Waals surface area (Å²) < 4.78 is 0. The fourth-order valence-corrected chi connectivity index (χ4v) is 1.74. The maximum absolute atomic E-state index is 11.5. The van der Waals surface area contributed by atoms with Gasteiger partial charge in [-0.15, -0.1) is 12.6 Å². The summed E-state index contributed by atoms with van der Waals surface area (Å²) in [5, 5.41) is 5.39. The van der Waals surface area contributed by atoms with Crippen molar-refractivity contribution >= 4 is 30.1 Å². The van der Waals surface area contributed by atoms with Gasteiger partial charge in [-0.2, -0.15) is 0 Å². The molecule has 2 N–H and O–H groups in total. The Morgan fingerprint density at radius 2 is 1.94 bits per heavy atom. The van der Waals surface area contributed by atoms with E-state index in [2.05, 4.69) is 23.3 Å². The van der Waals surface area contributed by atoms with Crippen LogP contribution in [0.1, 0.15) is 12.8 Å². The molecule has 1 heterocycles. The smallest absolute Gasteiger partial charge is 0.249 e. The van der Waals surface area contributed by atoms with Gasteiger partial charge in [0.15, 0.2) is 0 Å². The second-order valence-corrected chi connectivity index (χ2v) is 4.21. The molecule has 0 aromatic heterocycles. The van der Waals surface area contributed by atoms with Crippen LogP contribution in [0.4, 0.5) is 5.69 Å². The van der Waals surface area contributed by atoms with Gasteiger partial charge in [0.05, 0.1) is 0 Å². The van der Waals surface area contributed by atoms with Gasteiger partial charge >= 0.3 is 0 Å². The van der Waals surface area contributed by atoms with E-state index in [0.717, 1.165) is 10.6 Å². The van der Waals surface area contributed by atoms with E-state index in [9.17, 15) is 9.59 Å². The number of anilines is 1. The summed E-state index contributed by atoms with van der Waals surface area (Å²) in [5.41, 5.74) is 0.854. The first-order valence-electron chi connectivity index (χ1n) is 5.04. The lowest BCUT2D eigenvalue weighted by Gasteiger charge is -2.22. The minimum absolute atomic E-state index is 0.200. The monoisotopic (exact) mass is 236 g/mol. The van der Waals surface area contributed by atoms with Gasteiger partial charge in [-0.3, -0.25) is 14.9 Å². The zero-order valence-corrected chi connectivity index (χ0v) is 9.46. The summed E-state index contributed by atoms with van der Waals surface area (Å²) in [6.07, 6.45) is 0.918. The van der Waals surface area contributed by atoms with Crippen LogP contribution in [0.3, 0.4) is 0 Å². The van der Waals surface area contributed by atoms with Crippen molar-refractivity contribution in [1.82, 2.24) is 5.32 Å². The SMILES string of the molecule is O=C1CC[C@@H](Nc2ccc(S)cc2)C(=O)N1. The number of carbonyl (C=O) groups is 2. The normalized spacial score (nSPS) is 20.4. The molecule has 1 saturated heterocycles. The van der Waals surface area contributed by atoms with Crippen molar-refractivity contribution in [2.24, 2.45) is 0 Å². The molecule has 2 rings (SSSR count). The number of imide groups is 1. The number of carbonyl (C=O) groups excluding carboxylic acids is 2. The topological polar surface area (TPSA) is 58.2 Å². The van der Waals surface area contributed by atoms with Gasteiger partial charge in [0, 0.05) is 17.0 Å². The van der Waals surface area contributed by atoms with Gasteiger partial charge < -0.3 is 5.32 Å². The van der Waals surface area contributed by atoms with Crippen LogP contribution in [-0.2, 0) is 9.59 Å². The van der Waals surface area contributed by atoms with E-state index in [0.29, 0.717) is 12.8 Å². The van der Waals surface area contributed by atoms with Crippen LogP contribution in [0.2, 0.25) is 0 Å². The van der Waals surface area contributed by atoms with E-state index >= 15 is 0 Å². The highest BCUT2D eigenvalue weighted by Gasteiger charge is 2.25. The van der Waals surface area contributed by atoms with Crippen LogP contribution in [0.15, 0.2) is 29.2 Å². The highest BCUT2D eigenvalue weighted by molar-refractivity contribution is 7.80. The van der Waals surface area contributed by atoms with E-state index < -0.39 is 0 Å². The van der Waals surface area contributed by atoms with Crippen molar-refractivity contribution in [1.29, 1.82) is 0 Å². The van der Waals surface area contributed by atoms with Crippen molar-refractivity contribution in [2.75, 3.05) is 5.32 Å². The molecule has 1 aromatic rings. The Labute approximate surface area is 98.8 Å². The van der Waals surface area contributed by atoms with Gasteiger partial charge in [-0.25, -0.2) is 0 Å². The second kappa shape index (κ2) is 4.57. The quantitative estimate of drug-likeness (QED) is 0.534. The first-order chi connectivity index (χ1) is 7.65. The van der Waals surface area contributed by atoms with Gasteiger partial charge in [-0.1, -0.05) is 0 Å². The summed E-state index contributed by atoms with van der Waals surface area (Å²) in [5.74, 6) is -0.458. The number of piperidine rings is 1. The molecule has 1 fully saturated rings. The highest BCUT2D eigenvalue weighted by Crippen LogP contribution is 2.15. The Kier molecular flexibility index (Phi) is 3.14. The maximum Gasteiger partial charge on any atom is 0.249 e. The van der Waals surface area contributed by atoms with E-state index in [-0.39, 0.29) is 17.9 Å². The lowest BCUT2D eigenvalue weighted by Crippen LogP contribution is -2.47. The molecule has 0 radical (unpaired) electrons. The second-order valence-electron chi connectivity index (χ2n) is 3.69. The van der Waals surface area contributed by atoms with Crippen LogP contribution in [0.5, 0.6) is 0 Å². The fraction of sp³-hybridized carbons (Fsp3) is 0.273. The van der Waals surface area contributed by atoms with Gasteiger partial charge in [0.2, 0.25) is 11.8 Å². The van der Waals surface area contributed by atoms with Crippen LogP contribution >= 0.6 is 12.6 Å². The third-order valence-electron chi connectivity index (χ3n) is 2.45. The summed E-state index contributed by atoms with van der Waals surface area (Å²) in [7, 11) is 0. The van der Waals surface area contributed by atoms with Crippen LogP contribution in [0.25, 0.3) is 0 Å². The molecule has 5 heteroatoms. The van der Waals surface area contributed by atoms with E-state index in [1.807, 2.05) is 24.3 Å². The molecule has 0 aliphatic carbocycles. The molecule has 0 bridgehead atoms. The van der Waals surface area contributed by atoms with Crippen molar-refractivity contribution in [3.8, 4) is 0 Å². The lowest BCUT2D eigenvalue weighted by molar-refractivity contribution is -0.133. The molecule has 0 unspecified atom stereocenters. The first kappa shape index (κ1) is 11.0. The van der Waals surface area contributed by atoms with Gasteiger partial charge in [0.25, 0.3) is 0 Å². The van der Waals surface area contributed by atoms with E-state index in [1.54, 1.807) is 0 Å². The fourth-order valence-electron chi connectivity index (χ4n) is 1.59. The van der Waals surface area contributed by atoms with Crippen LogP contribution < -0.4 is 10.6 Å². The molecule has 1 aliphatic heterocycles. The molecule has 4 nitrogen and oxygen atoms in total. The standard InChI is InChI=1S/C11H12N2O2S/c14-10-6-5-9(11(15)13-10)12-7-1-3-8(16)4-2-7/h1-4,9,12,16H,5-6H2,(H,13,14,15)/t9-/m1/s1. The number of rotatable bonds is 2. The largest absolute Gasteiger partial charge is 0.374 e. The average Bonchev–Trinajstić information content (AvgIpc) is 2.25. The van der Waals surface area contributed by atoms with E-state index in [1.165, 1.54) is 0 Å². The van der Waals surface area contributed by atoms with Crippen molar-refractivity contribution in [2.45, 2.75) is 23.8 Å². The number of thiol groups is 1. The van der Waals surface area contributed by atoms with Crippen LogP contribution in [-0.4, -0.2) is 17.9 Å². The average molecular weight is 236 g/mol. The molecule has 1 atom stereocenters. The van der Waals surface area contributed by atoms with Crippen molar-refractivity contribution < 1.29 is 9.59 Å². The molecule has 84 valence electrons. The number of hydrogen-bond acceptors (Lipinski definition) is 4. The number of benzene rings is 1. The zero-order chi connectivity index (χ0) is 11.5. The molecule has 16 heavy (non-hydrogen) atoms. The Bertz CT molecular complexity index is 416. The zero-order valence-electron chi connectivity index (χ0n) is 8.56. The minimum atomic E-state index is -0.330. The Morgan fingerprint density at radius 3 is 2.56 bits per heavy atom.